The molecular formula is C14H17BrClNO3S. The Morgan fingerprint density at radius 3 is 2.52 bits per heavy atom. The van der Waals surface area contributed by atoms with Crippen LogP contribution in [0.5, 0.6) is 0 Å². The molecule has 1 saturated carbocycles. The van der Waals surface area contributed by atoms with Crippen LogP contribution in [-0.2, 0) is 9.05 Å². The molecule has 1 aliphatic carbocycles. The fourth-order valence-electron chi connectivity index (χ4n) is 2.49. The monoisotopic (exact) mass is 393 g/mol. The minimum Gasteiger partial charge on any atom is -0.349 e. The molecule has 116 valence electrons. The van der Waals surface area contributed by atoms with Gasteiger partial charge in [0.15, 0.2) is 0 Å². The molecule has 0 spiro atoms. The Kier molecular flexibility index (Phi) is 5.00. The summed E-state index contributed by atoms with van der Waals surface area (Å²) < 4.78 is 23.7. The molecule has 1 amide bonds. The smallest absolute Gasteiger partial charge is 0.261 e. The van der Waals surface area contributed by atoms with Crippen molar-refractivity contribution < 1.29 is 13.2 Å². The molecule has 1 N–H and O–H groups in total. The molecule has 1 aromatic rings. The minimum absolute atomic E-state index is 0.0417. The highest BCUT2D eigenvalue weighted by Gasteiger charge is 2.27. The molecule has 1 aromatic carbocycles. The molecule has 2 rings (SSSR count). The Morgan fingerprint density at radius 1 is 1.43 bits per heavy atom. The van der Waals surface area contributed by atoms with Crippen molar-refractivity contribution in [2.24, 2.45) is 5.92 Å². The Hall–Kier alpha value is -0.590. The highest BCUT2D eigenvalue weighted by molar-refractivity contribution is 9.10. The lowest BCUT2D eigenvalue weighted by Crippen LogP contribution is -2.41. The van der Waals surface area contributed by atoms with E-state index in [9.17, 15) is 13.2 Å². The van der Waals surface area contributed by atoms with Crippen LogP contribution >= 0.6 is 26.6 Å². The molecule has 1 unspecified atom stereocenters. The Bertz CT molecular complexity index is 671. The summed E-state index contributed by atoms with van der Waals surface area (Å²) in [5.74, 6) is 0.243. The molecule has 1 aliphatic rings. The van der Waals surface area contributed by atoms with Gasteiger partial charge in [0.05, 0.1) is 4.90 Å². The van der Waals surface area contributed by atoms with Crippen molar-refractivity contribution in [3.63, 3.8) is 0 Å². The van der Waals surface area contributed by atoms with E-state index in [1.807, 2.05) is 6.92 Å². The molecule has 21 heavy (non-hydrogen) atoms. The molecule has 0 radical (unpaired) electrons. The number of halogens is 2. The molecule has 0 bridgehead atoms. The summed E-state index contributed by atoms with van der Waals surface area (Å²) in [5.41, 5.74) is 0.696. The Balaban J connectivity index is 2.30. The zero-order valence-electron chi connectivity index (χ0n) is 11.8. The van der Waals surface area contributed by atoms with Gasteiger partial charge in [-0.25, -0.2) is 8.42 Å². The van der Waals surface area contributed by atoms with Gasteiger partial charge in [0, 0.05) is 26.8 Å². The van der Waals surface area contributed by atoms with E-state index >= 15 is 0 Å². The second-order valence-corrected chi connectivity index (χ2v) is 8.92. The maximum absolute atomic E-state index is 12.4. The summed E-state index contributed by atoms with van der Waals surface area (Å²) >= 11 is 3.22. The van der Waals surface area contributed by atoms with Crippen LogP contribution in [0.3, 0.4) is 0 Å². The first kappa shape index (κ1) is 16.8. The fraction of sp³-hybridized carbons (Fsp3) is 0.500. The van der Waals surface area contributed by atoms with E-state index in [2.05, 4.69) is 21.2 Å². The highest BCUT2D eigenvalue weighted by Crippen LogP contribution is 2.30. The van der Waals surface area contributed by atoms with Gasteiger partial charge in [-0.3, -0.25) is 4.79 Å². The number of carbonyl (C=O) groups is 1. The van der Waals surface area contributed by atoms with E-state index in [1.54, 1.807) is 13.0 Å². The average Bonchev–Trinajstić information content (AvgIpc) is 2.27. The minimum atomic E-state index is -3.89. The number of carbonyl (C=O) groups excluding carboxylic acids is 1. The van der Waals surface area contributed by atoms with Gasteiger partial charge in [-0.2, -0.15) is 0 Å². The van der Waals surface area contributed by atoms with Gasteiger partial charge < -0.3 is 5.32 Å². The van der Waals surface area contributed by atoms with Crippen LogP contribution < -0.4 is 5.32 Å². The molecule has 4 nitrogen and oxygen atoms in total. The second kappa shape index (κ2) is 6.26. The summed E-state index contributed by atoms with van der Waals surface area (Å²) in [6.07, 6.45) is 3.45. The van der Waals surface area contributed by atoms with Crippen molar-refractivity contribution >= 4 is 41.6 Å². The van der Waals surface area contributed by atoms with E-state index in [1.165, 1.54) is 12.5 Å². The van der Waals surface area contributed by atoms with Gasteiger partial charge >= 0.3 is 0 Å². The summed E-state index contributed by atoms with van der Waals surface area (Å²) in [5, 5.41) is 2.95. The van der Waals surface area contributed by atoms with Crippen molar-refractivity contribution in [3.05, 3.63) is 27.7 Å². The lowest BCUT2D eigenvalue weighted by molar-refractivity contribution is 0.0908. The predicted molar refractivity (Wildman–Crippen MR) is 86.2 cm³/mol. The zero-order chi connectivity index (χ0) is 15.8. The molecule has 0 aromatic heterocycles. The van der Waals surface area contributed by atoms with Gasteiger partial charge in [-0.05, 0) is 50.3 Å². The molecule has 0 aliphatic heterocycles. The summed E-state index contributed by atoms with van der Waals surface area (Å²) in [6.45, 7) is 3.57. The highest BCUT2D eigenvalue weighted by atomic mass is 79.9. The molecule has 0 heterocycles. The van der Waals surface area contributed by atoms with Crippen LogP contribution in [-0.4, -0.2) is 20.4 Å². The summed E-state index contributed by atoms with van der Waals surface area (Å²) in [6, 6.07) is 3.11. The van der Waals surface area contributed by atoms with E-state index < -0.39 is 9.05 Å². The van der Waals surface area contributed by atoms with Gasteiger partial charge in [-0.15, -0.1) is 0 Å². The van der Waals surface area contributed by atoms with Crippen LogP contribution in [0, 0.1) is 12.8 Å². The zero-order valence-corrected chi connectivity index (χ0v) is 15.0. The summed E-state index contributed by atoms with van der Waals surface area (Å²) in [4.78, 5) is 12.3. The van der Waals surface area contributed by atoms with Gasteiger partial charge in [0.2, 0.25) is 0 Å². The van der Waals surface area contributed by atoms with Gasteiger partial charge in [0.25, 0.3) is 15.0 Å². The first-order valence-electron chi connectivity index (χ1n) is 6.76. The fourth-order valence-corrected chi connectivity index (χ4v) is 4.32. The molecule has 1 fully saturated rings. The van der Waals surface area contributed by atoms with E-state index in [0.717, 1.165) is 12.8 Å². The van der Waals surface area contributed by atoms with Crippen LogP contribution in [0.15, 0.2) is 21.5 Å². The Labute approximate surface area is 137 Å². The Morgan fingerprint density at radius 2 is 2.05 bits per heavy atom. The molecule has 1 atom stereocenters. The number of amides is 1. The third-order valence-corrected chi connectivity index (χ3v) is 5.95. The lowest BCUT2D eigenvalue weighted by Gasteiger charge is -2.32. The van der Waals surface area contributed by atoms with E-state index in [4.69, 9.17) is 10.7 Å². The van der Waals surface area contributed by atoms with Crippen LogP contribution in [0.2, 0.25) is 0 Å². The number of hydrogen-bond donors (Lipinski definition) is 1. The standard InChI is InChI=1S/C14H17BrClNO3S/c1-8-12(6-11(15)7-13(8)21(16,19)20)14(18)17-9(2)10-4-3-5-10/h6-7,9-10H,3-5H2,1-2H3,(H,17,18). The quantitative estimate of drug-likeness (QED) is 0.794. The molecule has 0 saturated heterocycles. The van der Waals surface area contributed by atoms with E-state index in [0.29, 0.717) is 21.5 Å². The van der Waals surface area contributed by atoms with Crippen LogP contribution in [0.1, 0.15) is 42.1 Å². The second-order valence-electron chi connectivity index (χ2n) is 5.47. The number of rotatable bonds is 4. The lowest BCUT2D eigenvalue weighted by atomic mass is 9.80. The third kappa shape index (κ3) is 3.79. The van der Waals surface area contributed by atoms with Crippen molar-refractivity contribution in [3.8, 4) is 0 Å². The maximum atomic E-state index is 12.4. The maximum Gasteiger partial charge on any atom is 0.261 e. The normalized spacial score (nSPS) is 17.1. The topological polar surface area (TPSA) is 63.2 Å². The van der Waals surface area contributed by atoms with Gasteiger partial charge in [0.1, 0.15) is 0 Å². The van der Waals surface area contributed by atoms with E-state index in [-0.39, 0.29) is 16.8 Å². The van der Waals surface area contributed by atoms with Crippen LogP contribution in [0.25, 0.3) is 0 Å². The predicted octanol–water partition coefficient (Wildman–Crippen LogP) is 3.60. The van der Waals surface area contributed by atoms with Crippen molar-refractivity contribution in [1.82, 2.24) is 5.32 Å². The molecular weight excluding hydrogens is 378 g/mol. The van der Waals surface area contributed by atoms with Crippen molar-refractivity contribution in [1.29, 1.82) is 0 Å². The third-order valence-electron chi connectivity index (χ3n) is 4.05. The van der Waals surface area contributed by atoms with Crippen molar-refractivity contribution in [2.45, 2.75) is 44.0 Å². The summed E-state index contributed by atoms with van der Waals surface area (Å²) in [7, 11) is 1.53. The average molecular weight is 395 g/mol. The number of benzene rings is 1. The number of nitrogens with one attached hydrogen (secondary N) is 1. The van der Waals surface area contributed by atoms with Crippen LogP contribution in [0.4, 0.5) is 0 Å². The van der Waals surface area contributed by atoms with Gasteiger partial charge in [-0.1, -0.05) is 22.4 Å². The molecule has 7 heteroatoms. The SMILES string of the molecule is Cc1c(C(=O)NC(C)C2CCC2)cc(Br)cc1S(=O)(=O)Cl. The first-order chi connectivity index (χ1) is 9.70. The first-order valence-corrected chi connectivity index (χ1v) is 9.86. The van der Waals surface area contributed by atoms with Crippen molar-refractivity contribution in [2.75, 3.05) is 0 Å². The number of hydrogen-bond acceptors (Lipinski definition) is 3. The largest absolute Gasteiger partial charge is 0.349 e.